The van der Waals surface area contributed by atoms with Gasteiger partial charge in [-0.1, -0.05) is 6.07 Å². The topological polar surface area (TPSA) is 58.5 Å². The second-order valence-electron chi connectivity index (χ2n) is 6.58. The number of benzene rings is 1. The number of thiazole rings is 1. The van der Waals surface area contributed by atoms with E-state index in [0.717, 1.165) is 40.2 Å². The van der Waals surface area contributed by atoms with Crippen LogP contribution in [0, 0.1) is 6.92 Å². The Bertz CT molecular complexity index is 876. The van der Waals surface area contributed by atoms with Crippen molar-refractivity contribution in [2.45, 2.75) is 39.8 Å². The zero-order valence-electron chi connectivity index (χ0n) is 16.8. The molecule has 0 spiro atoms. The Kier molecular flexibility index (Phi) is 9.89. The minimum atomic E-state index is 0. The molecule has 0 aliphatic carbocycles. The molecule has 5 nitrogen and oxygen atoms in total. The number of rotatable bonds is 8. The molecule has 0 fully saturated rings. The van der Waals surface area contributed by atoms with Gasteiger partial charge in [0, 0.05) is 28.2 Å². The molecule has 0 aliphatic rings. The molecular formula is C21H27IN4OS2. The summed E-state index contributed by atoms with van der Waals surface area (Å²) in [6, 6.07) is 12.2. The number of hydrogen-bond acceptors (Lipinski definition) is 5. The molecule has 0 bridgehead atoms. The van der Waals surface area contributed by atoms with Crippen molar-refractivity contribution in [1.82, 2.24) is 10.3 Å². The Morgan fingerprint density at radius 1 is 1.17 bits per heavy atom. The highest BCUT2D eigenvalue weighted by Gasteiger charge is 2.04. The van der Waals surface area contributed by atoms with Crippen molar-refractivity contribution in [3.05, 3.63) is 62.7 Å². The molecular weight excluding hydrogens is 515 g/mol. The van der Waals surface area contributed by atoms with E-state index < -0.39 is 0 Å². The molecule has 3 rings (SSSR count). The largest absolute Gasteiger partial charge is 0.491 e. The number of ether oxygens (including phenoxy) is 1. The van der Waals surface area contributed by atoms with Crippen LogP contribution >= 0.6 is 46.7 Å². The van der Waals surface area contributed by atoms with Crippen molar-refractivity contribution in [3.63, 3.8) is 0 Å². The number of anilines is 1. The van der Waals surface area contributed by atoms with E-state index in [1.54, 1.807) is 22.7 Å². The maximum atomic E-state index is 5.71. The molecule has 0 saturated heterocycles. The third-order valence-electron chi connectivity index (χ3n) is 3.79. The maximum Gasteiger partial charge on any atom is 0.196 e. The summed E-state index contributed by atoms with van der Waals surface area (Å²) >= 11 is 3.45. The molecule has 29 heavy (non-hydrogen) atoms. The first-order chi connectivity index (χ1) is 13.6. The van der Waals surface area contributed by atoms with Gasteiger partial charge in [-0.2, -0.15) is 0 Å². The molecule has 2 aromatic heterocycles. The van der Waals surface area contributed by atoms with Crippen LogP contribution in [-0.2, 0) is 13.0 Å². The number of aliphatic imine (C=N–C) groups is 1. The first-order valence-corrected chi connectivity index (χ1v) is 11.0. The van der Waals surface area contributed by atoms with E-state index in [-0.39, 0.29) is 30.1 Å². The first kappa shape index (κ1) is 23.6. The molecule has 0 saturated carbocycles. The van der Waals surface area contributed by atoms with Crippen LogP contribution in [0.2, 0.25) is 0 Å². The Balaban J connectivity index is 0.00000300. The van der Waals surface area contributed by atoms with Crippen molar-refractivity contribution < 1.29 is 4.74 Å². The number of hydrogen-bond donors (Lipinski definition) is 2. The third-order valence-corrected chi connectivity index (χ3v) is 5.63. The van der Waals surface area contributed by atoms with Crippen molar-refractivity contribution in [1.29, 1.82) is 0 Å². The maximum absolute atomic E-state index is 5.71. The highest BCUT2D eigenvalue weighted by molar-refractivity contribution is 14.0. The fraction of sp³-hybridized carbons (Fsp3) is 0.333. The van der Waals surface area contributed by atoms with Gasteiger partial charge in [0.2, 0.25) is 0 Å². The Hall–Kier alpha value is -1.65. The second-order valence-corrected chi connectivity index (χ2v) is 8.93. The lowest BCUT2D eigenvalue weighted by atomic mass is 10.3. The van der Waals surface area contributed by atoms with Crippen molar-refractivity contribution in [2.24, 2.45) is 4.99 Å². The summed E-state index contributed by atoms with van der Waals surface area (Å²) in [7, 11) is 0. The lowest BCUT2D eigenvalue weighted by Gasteiger charge is -2.14. The highest BCUT2D eigenvalue weighted by Crippen LogP contribution is 2.17. The van der Waals surface area contributed by atoms with Gasteiger partial charge in [-0.05, 0) is 62.9 Å². The summed E-state index contributed by atoms with van der Waals surface area (Å²) in [5, 5.41) is 9.98. The minimum absolute atomic E-state index is 0. The van der Waals surface area contributed by atoms with Gasteiger partial charge in [0.25, 0.3) is 0 Å². The molecule has 0 atom stereocenters. The Morgan fingerprint density at radius 3 is 2.59 bits per heavy atom. The minimum Gasteiger partial charge on any atom is -0.491 e. The molecule has 0 unspecified atom stereocenters. The fourth-order valence-electron chi connectivity index (χ4n) is 2.56. The van der Waals surface area contributed by atoms with E-state index in [2.05, 4.69) is 33.1 Å². The summed E-state index contributed by atoms with van der Waals surface area (Å²) in [5.74, 6) is 1.63. The summed E-state index contributed by atoms with van der Waals surface area (Å²) in [4.78, 5) is 11.5. The molecule has 0 aliphatic heterocycles. The molecule has 2 N–H and O–H groups in total. The van der Waals surface area contributed by atoms with Gasteiger partial charge >= 0.3 is 0 Å². The zero-order chi connectivity index (χ0) is 19.8. The Morgan fingerprint density at radius 2 is 1.97 bits per heavy atom. The smallest absolute Gasteiger partial charge is 0.196 e. The van der Waals surface area contributed by atoms with Gasteiger partial charge in [-0.25, -0.2) is 9.98 Å². The summed E-state index contributed by atoms with van der Waals surface area (Å²) in [5.41, 5.74) is 0.971. The molecule has 0 amide bonds. The number of aryl methyl sites for hydroxylation is 1. The van der Waals surface area contributed by atoms with Crippen LogP contribution in [0.4, 0.5) is 5.69 Å². The number of guanidine groups is 1. The monoisotopic (exact) mass is 542 g/mol. The first-order valence-electron chi connectivity index (χ1n) is 9.34. The average molecular weight is 543 g/mol. The zero-order valence-corrected chi connectivity index (χ0v) is 20.8. The van der Waals surface area contributed by atoms with Crippen LogP contribution in [0.3, 0.4) is 0 Å². The number of nitrogens with zero attached hydrogens (tertiary/aromatic N) is 2. The highest BCUT2D eigenvalue weighted by atomic mass is 127. The van der Waals surface area contributed by atoms with Crippen LogP contribution in [0.15, 0.2) is 53.0 Å². The number of thiophene rings is 1. The normalized spacial score (nSPS) is 11.2. The van der Waals surface area contributed by atoms with Gasteiger partial charge in [-0.15, -0.1) is 46.7 Å². The molecule has 3 aromatic rings. The van der Waals surface area contributed by atoms with Crippen molar-refractivity contribution in [3.8, 4) is 5.75 Å². The molecule has 1 aromatic carbocycles. The van der Waals surface area contributed by atoms with Crippen LogP contribution in [0.1, 0.15) is 28.6 Å². The summed E-state index contributed by atoms with van der Waals surface area (Å²) in [6.07, 6.45) is 3.03. The van der Waals surface area contributed by atoms with Crippen molar-refractivity contribution >= 4 is 58.3 Å². The predicted octanol–water partition coefficient (Wildman–Crippen LogP) is 5.72. The average Bonchev–Trinajstić information content (AvgIpc) is 3.32. The molecule has 156 valence electrons. The Labute approximate surface area is 197 Å². The summed E-state index contributed by atoms with van der Waals surface area (Å²) in [6.45, 7) is 7.49. The van der Waals surface area contributed by atoms with E-state index in [9.17, 15) is 0 Å². The van der Waals surface area contributed by atoms with Crippen LogP contribution in [0.5, 0.6) is 5.75 Å². The van der Waals surface area contributed by atoms with Crippen molar-refractivity contribution in [2.75, 3.05) is 11.9 Å². The van der Waals surface area contributed by atoms with E-state index in [0.29, 0.717) is 6.54 Å². The fourth-order valence-corrected chi connectivity index (χ4v) is 3.99. The van der Waals surface area contributed by atoms with Gasteiger partial charge in [0.05, 0.1) is 17.7 Å². The molecule has 8 heteroatoms. The quantitative estimate of drug-likeness (QED) is 0.217. The lowest BCUT2D eigenvalue weighted by Crippen LogP contribution is -2.32. The van der Waals surface area contributed by atoms with Gasteiger partial charge in [-0.3, -0.25) is 0 Å². The third kappa shape index (κ3) is 8.31. The van der Waals surface area contributed by atoms with E-state index in [1.165, 1.54) is 4.88 Å². The standard InChI is InChI=1S/C21H26N4OS2.HI/c1-15(2)26-18-8-6-17(7-9-18)25-21(22-11-10-19-5-4-12-27-19)24-14-20-13-23-16(3)28-20;/h4-9,12-13,15H,10-11,14H2,1-3H3,(H2,22,24,25);1H. The van der Waals surface area contributed by atoms with Gasteiger partial charge in [0.1, 0.15) is 5.75 Å². The molecule has 0 radical (unpaired) electrons. The SMILES string of the molecule is Cc1ncc(CN=C(NCCc2cccs2)Nc2ccc(OC(C)C)cc2)s1.I. The number of aromatic nitrogens is 1. The van der Waals surface area contributed by atoms with Crippen LogP contribution in [-0.4, -0.2) is 23.6 Å². The van der Waals surface area contributed by atoms with Gasteiger partial charge < -0.3 is 15.4 Å². The van der Waals surface area contributed by atoms with Crippen LogP contribution < -0.4 is 15.4 Å². The predicted molar refractivity (Wildman–Crippen MR) is 135 cm³/mol. The molecule has 2 heterocycles. The van der Waals surface area contributed by atoms with E-state index in [1.807, 2.05) is 51.2 Å². The van der Waals surface area contributed by atoms with E-state index in [4.69, 9.17) is 9.73 Å². The lowest BCUT2D eigenvalue weighted by molar-refractivity contribution is 0.242. The summed E-state index contributed by atoms with van der Waals surface area (Å²) < 4.78 is 5.71. The second kappa shape index (κ2) is 12.1. The van der Waals surface area contributed by atoms with Crippen LogP contribution in [0.25, 0.3) is 0 Å². The van der Waals surface area contributed by atoms with E-state index >= 15 is 0 Å². The number of halogens is 1. The number of nitrogens with one attached hydrogen (secondary N) is 2. The van der Waals surface area contributed by atoms with Gasteiger partial charge in [0.15, 0.2) is 5.96 Å².